The molecule has 0 saturated heterocycles. The van der Waals surface area contributed by atoms with Gasteiger partial charge in [-0.1, -0.05) is 0 Å². The molecular weight excluding hydrogens is 259 g/mol. The molecule has 1 aliphatic rings. The fourth-order valence-electron chi connectivity index (χ4n) is 2.08. The Morgan fingerprint density at radius 3 is 2.58 bits per heavy atom. The van der Waals surface area contributed by atoms with Crippen LogP contribution in [0.4, 0.5) is 24.5 Å². The quantitative estimate of drug-likeness (QED) is 0.793. The van der Waals surface area contributed by atoms with Crippen molar-refractivity contribution in [3.8, 4) is 0 Å². The number of halogens is 3. The monoisotopic (exact) mass is 275 g/mol. The van der Waals surface area contributed by atoms with Gasteiger partial charge in [0.1, 0.15) is 5.82 Å². The Hall–Kier alpha value is -1.47. The Kier molecular flexibility index (Phi) is 3.36. The molecule has 7 heteroatoms. The van der Waals surface area contributed by atoms with Gasteiger partial charge in [-0.05, 0) is 32.4 Å². The lowest BCUT2D eigenvalue weighted by atomic mass is 10.0. The van der Waals surface area contributed by atoms with E-state index in [9.17, 15) is 18.3 Å². The first-order chi connectivity index (χ1) is 8.70. The summed E-state index contributed by atoms with van der Waals surface area (Å²) in [5, 5.41) is 11.1. The molecule has 0 saturated carbocycles. The fraction of sp³-hybridized carbons (Fsp3) is 0.500. The number of β-amino-alcohol motifs (C(OH)–C–C–N with tert-alkyl or cyclic N) is 1. The number of hydrogen-bond donors (Lipinski definition) is 3. The maximum Gasteiger partial charge on any atom is 0.268 e. The molecule has 0 unspecified atom stereocenters. The fourth-order valence-corrected chi connectivity index (χ4v) is 2.08. The molecule has 0 amide bonds. The average molecular weight is 275 g/mol. The van der Waals surface area contributed by atoms with Gasteiger partial charge in [0.15, 0.2) is 0 Å². The predicted molar refractivity (Wildman–Crippen MR) is 66.5 cm³/mol. The van der Waals surface area contributed by atoms with Crippen molar-refractivity contribution in [2.24, 2.45) is 0 Å². The lowest BCUT2D eigenvalue weighted by Crippen LogP contribution is -2.45. The summed E-state index contributed by atoms with van der Waals surface area (Å²) in [5.41, 5.74) is 4.14. The van der Waals surface area contributed by atoms with Crippen LogP contribution in [0.2, 0.25) is 0 Å². The topological polar surface area (TPSA) is 47.5 Å². The van der Waals surface area contributed by atoms with Crippen molar-refractivity contribution in [2.45, 2.75) is 32.8 Å². The van der Waals surface area contributed by atoms with E-state index in [0.29, 0.717) is 5.69 Å². The molecule has 3 N–H and O–H groups in total. The van der Waals surface area contributed by atoms with Crippen molar-refractivity contribution in [1.29, 1.82) is 0 Å². The average Bonchev–Trinajstić information content (AvgIpc) is 2.60. The summed E-state index contributed by atoms with van der Waals surface area (Å²) in [4.78, 5) is 0. The third kappa shape index (κ3) is 2.62. The number of aryl methyl sites for hydroxylation is 1. The zero-order valence-electron chi connectivity index (χ0n) is 10.9. The minimum atomic E-state index is -2.93. The molecule has 0 aromatic heterocycles. The van der Waals surface area contributed by atoms with E-state index in [2.05, 4.69) is 11.0 Å². The van der Waals surface area contributed by atoms with E-state index in [4.69, 9.17) is 0 Å². The van der Waals surface area contributed by atoms with Crippen LogP contribution in [0.3, 0.4) is 0 Å². The standard InChI is InChI=1S/C12H16F3N3O/c1-6-4-7-10(8(9(6)13)11(14)15)18(17-16-7)5-12(2,3)19/h4,11,16-17,19H,5H2,1-3H3. The van der Waals surface area contributed by atoms with Crippen molar-refractivity contribution >= 4 is 11.4 Å². The normalized spacial score (nSPS) is 14.8. The van der Waals surface area contributed by atoms with Gasteiger partial charge in [0.25, 0.3) is 6.43 Å². The van der Waals surface area contributed by atoms with Crippen LogP contribution in [-0.2, 0) is 0 Å². The molecule has 0 atom stereocenters. The van der Waals surface area contributed by atoms with Gasteiger partial charge in [-0.15, -0.1) is 5.53 Å². The third-order valence-electron chi connectivity index (χ3n) is 2.81. The highest BCUT2D eigenvalue weighted by Crippen LogP contribution is 2.41. The third-order valence-corrected chi connectivity index (χ3v) is 2.81. The van der Waals surface area contributed by atoms with Gasteiger partial charge >= 0.3 is 0 Å². The van der Waals surface area contributed by atoms with E-state index < -0.39 is 23.4 Å². The van der Waals surface area contributed by atoms with Crippen LogP contribution in [0.25, 0.3) is 0 Å². The molecule has 0 bridgehead atoms. The number of nitrogens with zero attached hydrogens (tertiary/aromatic N) is 1. The molecule has 1 heterocycles. The highest BCUT2D eigenvalue weighted by molar-refractivity contribution is 5.78. The Labute approximate surface area is 109 Å². The number of aliphatic hydroxyl groups is 1. The van der Waals surface area contributed by atoms with Crippen LogP contribution in [-0.4, -0.2) is 17.3 Å². The number of rotatable bonds is 3. The van der Waals surface area contributed by atoms with Crippen LogP contribution >= 0.6 is 0 Å². The molecule has 4 nitrogen and oxygen atoms in total. The summed E-state index contributed by atoms with van der Waals surface area (Å²) in [7, 11) is 0. The van der Waals surface area contributed by atoms with E-state index in [-0.39, 0.29) is 17.8 Å². The predicted octanol–water partition coefficient (Wildman–Crippen LogP) is 2.49. The Bertz CT molecular complexity index is 500. The number of alkyl halides is 2. The smallest absolute Gasteiger partial charge is 0.268 e. The van der Waals surface area contributed by atoms with Gasteiger partial charge in [0.2, 0.25) is 0 Å². The molecule has 0 aliphatic carbocycles. The second-order valence-corrected chi connectivity index (χ2v) is 5.25. The number of anilines is 2. The second kappa shape index (κ2) is 4.57. The zero-order chi connectivity index (χ0) is 14.4. The lowest BCUT2D eigenvalue weighted by molar-refractivity contribution is 0.0852. The lowest BCUT2D eigenvalue weighted by Gasteiger charge is -2.27. The van der Waals surface area contributed by atoms with Gasteiger partial charge in [-0.25, -0.2) is 13.2 Å². The summed E-state index contributed by atoms with van der Waals surface area (Å²) in [6, 6.07) is 1.45. The SMILES string of the molecule is Cc1cc2c(c(C(F)F)c1F)N(CC(C)(C)O)NN2. The maximum absolute atomic E-state index is 13.9. The van der Waals surface area contributed by atoms with E-state index in [1.807, 2.05) is 0 Å². The van der Waals surface area contributed by atoms with Crippen LogP contribution in [0.15, 0.2) is 6.07 Å². The van der Waals surface area contributed by atoms with Crippen molar-refractivity contribution in [2.75, 3.05) is 17.0 Å². The Morgan fingerprint density at radius 2 is 2.05 bits per heavy atom. The van der Waals surface area contributed by atoms with Crippen molar-refractivity contribution in [1.82, 2.24) is 5.53 Å². The molecule has 0 fully saturated rings. The Morgan fingerprint density at radius 1 is 1.42 bits per heavy atom. The Balaban J connectivity index is 2.51. The number of fused-ring (bicyclic) bond motifs is 1. The van der Waals surface area contributed by atoms with E-state index in [1.54, 1.807) is 13.8 Å². The van der Waals surface area contributed by atoms with Gasteiger partial charge in [0.05, 0.1) is 29.1 Å². The molecule has 106 valence electrons. The maximum atomic E-state index is 13.9. The van der Waals surface area contributed by atoms with E-state index >= 15 is 0 Å². The summed E-state index contributed by atoms with van der Waals surface area (Å²) in [5.74, 6) is -0.917. The van der Waals surface area contributed by atoms with Crippen LogP contribution in [0.5, 0.6) is 0 Å². The highest BCUT2D eigenvalue weighted by Gasteiger charge is 2.32. The molecule has 2 rings (SSSR count). The summed E-state index contributed by atoms with van der Waals surface area (Å²) in [6.07, 6.45) is -2.93. The van der Waals surface area contributed by atoms with Crippen molar-refractivity contribution in [3.05, 3.63) is 23.0 Å². The first-order valence-electron chi connectivity index (χ1n) is 5.83. The minimum absolute atomic E-state index is 0.0369. The number of nitrogens with one attached hydrogen (secondary N) is 2. The number of hydrogen-bond acceptors (Lipinski definition) is 4. The second-order valence-electron chi connectivity index (χ2n) is 5.25. The molecule has 19 heavy (non-hydrogen) atoms. The summed E-state index contributed by atoms with van der Waals surface area (Å²) >= 11 is 0. The summed E-state index contributed by atoms with van der Waals surface area (Å²) < 4.78 is 40.1. The van der Waals surface area contributed by atoms with E-state index in [0.717, 1.165) is 0 Å². The molecule has 1 aliphatic heterocycles. The minimum Gasteiger partial charge on any atom is -0.389 e. The van der Waals surface area contributed by atoms with Crippen molar-refractivity contribution in [3.63, 3.8) is 0 Å². The summed E-state index contributed by atoms with van der Waals surface area (Å²) in [6.45, 7) is 4.55. The molecule has 0 radical (unpaired) electrons. The van der Waals surface area contributed by atoms with Gasteiger partial charge in [-0.2, -0.15) is 0 Å². The van der Waals surface area contributed by atoms with Crippen LogP contribution in [0.1, 0.15) is 31.4 Å². The van der Waals surface area contributed by atoms with Gasteiger partial charge in [0, 0.05) is 0 Å². The largest absolute Gasteiger partial charge is 0.389 e. The van der Waals surface area contributed by atoms with Crippen LogP contribution < -0.4 is 16.0 Å². The van der Waals surface area contributed by atoms with Crippen LogP contribution in [0, 0.1) is 12.7 Å². The molecule has 1 aromatic carbocycles. The van der Waals surface area contributed by atoms with Crippen molar-refractivity contribution < 1.29 is 18.3 Å². The zero-order valence-corrected chi connectivity index (χ0v) is 10.9. The number of hydrazine groups is 2. The number of benzene rings is 1. The first kappa shape index (κ1) is 14.0. The van der Waals surface area contributed by atoms with Gasteiger partial charge < -0.3 is 10.5 Å². The van der Waals surface area contributed by atoms with E-state index in [1.165, 1.54) is 18.0 Å². The first-order valence-corrected chi connectivity index (χ1v) is 5.83. The molecule has 0 spiro atoms. The van der Waals surface area contributed by atoms with Gasteiger partial charge in [-0.3, -0.25) is 5.01 Å². The highest BCUT2D eigenvalue weighted by atomic mass is 19.3. The molecule has 1 aromatic rings. The molecular formula is C12H16F3N3O.